The molecule has 0 spiro atoms. The monoisotopic (exact) mass is 654 g/mol. The van der Waals surface area contributed by atoms with E-state index in [0.29, 0.717) is 29.3 Å². The number of carboxylic acid groups (broad SMARTS) is 2. The minimum Gasteiger partial charge on any atom is -0.475 e. The molecule has 2 aliphatic heterocycles. The van der Waals surface area contributed by atoms with Gasteiger partial charge in [0.05, 0.1) is 5.69 Å². The highest BCUT2D eigenvalue weighted by molar-refractivity contribution is 5.84. The topological polar surface area (TPSA) is 147 Å². The average molecular weight is 655 g/mol. The first-order valence-electron chi connectivity index (χ1n) is 14.0. The minimum atomic E-state index is -5.08. The first-order chi connectivity index (χ1) is 20.9. The summed E-state index contributed by atoms with van der Waals surface area (Å²) in [7, 11) is 0. The van der Waals surface area contributed by atoms with Crippen LogP contribution in [0.4, 0.5) is 30.7 Å². The van der Waals surface area contributed by atoms with E-state index in [4.69, 9.17) is 24.3 Å². The van der Waals surface area contributed by atoms with E-state index in [9.17, 15) is 30.7 Å². The van der Waals surface area contributed by atoms with Crippen molar-refractivity contribution >= 4 is 22.8 Å². The fourth-order valence-corrected chi connectivity index (χ4v) is 5.22. The molecular weight excluding hydrogens is 621 g/mol. The summed E-state index contributed by atoms with van der Waals surface area (Å²) in [6.45, 7) is 10.7. The van der Waals surface area contributed by atoms with Crippen LogP contribution in [0.3, 0.4) is 0 Å². The summed E-state index contributed by atoms with van der Waals surface area (Å²) < 4.78 is 85.3. The van der Waals surface area contributed by atoms with E-state index in [2.05, 4.69) is 46.2 Å². The lowest BCUT2D eigenvalue weighted by atomic mass is 9.89. The molecule has 3 N–H and O–H groups in total. The number of aliphatic carboxylic acids is 2. The van der Waals surface area contributed by atoms with Gasteiger partial charge in [-0.1, -0.05) is 32.9 Å². The van der Waals surface area contributed by atoms with Gasteiger partial charge < -0.3 is 20.1 Å². The highest BCUT2D eigenvalue weighted by Crippen LogP contribution is 2.32. The van der Waals surface area contributed by atoms with Crippen molar-refractivity contribution in [3.63, 3.8) is 0 Å². The van der Waals surface area contributed by atoms with Crippen molar-refractivity contribution in [1.82, 2.24) is 30.1 Å². The van der Waals surface area contributed by atoms with Crippen LogP contribution < -0.4 is 5.32 Å². The summed E-state index contributed by atoms with van der Waals surface area (Å²) in [4.78, 5) is 25.1. The second-order valence-electron chi connectivity index (χ2n) is 11.0. The smallest absolute Gasteiger partial charge is 0.475 e. The number of benzene rings is 1. The summed E-state index contributed by atoms with van der Waals surface area (Å²) in [5, 5.41) is 27.3. The molecule has 2 saturated heterocycles. The molecular formula is C27H33F7N6O5. The lowest BCUT2D eigenvalue weighted by Crippen LogP contribution is -2.50. The van der Waals surface area contributed by atoms with Gasteiger partial charge >= 0.3 is 24.3 Å². The predicted molar refractivity (Wildman–Crippen MR) is 144 cm³/mol. The number of alkyl halides is 6. The van der Waals surface area contributed by atoms with Crippen molar-refractivity contribution in [2.24, 2.45) is 5.92 Å². The Morgan fingerprint density at radius 3 is 2.11 bits per heavy atom. The normalized spacial score (nSPS) is 19.9. The van der Waals surface area contributed by atoms with Gasteiger partial charge in [-0.2, -0.15) is 41.1 Å². The highest BCUT2D eigenvalue weighted by atomic mass is 19.4. The maximum atomic E-state index is 14.7. The molecule has 2 unspecified atom stereocenters. The van der Waals surface area contributed by atoms with Gasteiger partial charge in [0.2, 0.25) is 5.89 Å². The van der Waals surface area contributed by atoms with Crippen molar-refractivity contribution in [2.75, 3.05) is 26.2 Å². The molecule has 3 aromatic rings. The minimum absolute atomic E-state index is 0.165. The Bertz CT molecular complexity index is 1420. The van der Waals surface area contributed by atoms with Crippen LogP contribution in [0.1, 0.15) is 63.5 Å². The molecule has 4 heterocycles. The first kappa shape index (κ1) is 35.7. The Balaban J connectivity index is 0.000000331. The van der Waals surface area contributed by atoms with Gasteiger partial charge in [-0.25, -0.2) is 14.0 Å². The summed E-state index contributed by atoms with van der Waals surface area (Å²) >= 11 is 0. The first-order valence-corrected chi connectivity index (χ1v) is 14.0. The van der Waals surface area contributed by atoms with E-state index in [-0.39, 0.29) is 17.7 Å². The van der Waals surface area contributed by atoms with Gasteiger partial charge in [0.25, 0.3) is 5.95 Å². The Labute approximate surface area is 252 Å². The van der Waals surface area contributed by atoms with E-state index in [1.807, 2.05) is 6.07 Å². The zero-order chi connectivity index (χ0) is 33.7. The third-order valence-electron chi connectivity index (χ3n) is 7.42. The molecule has 18 heteroatoms. The van der Waals surface area contributed by atoms with Gasteiger partial charge in [-0.15, -0.1) is 0 Å². The van der Waals surface area contributed by atoms with Crippen molar-refractivity contribution in [2.45, 2.75) is 70.3 Å². The molecule has 11 nitrogen and oxygen atoms in total. The Morgan fingerprint density at radius 1 is 1.02 bits per heavy atom. The summed E-state index contributed by atoms with van der Waals surface area (Å²) in [6.07, 6.45) is -6.94. The maximum absolute atomic E-state index is 14.7. The standard InChI is InChI=1S/C23H31FN6O.2C2HF3O2/c1-14(2)20-17-5-4-6-18(24)21(17)30(27-20)23-26-22(31-28-23)16-8-11-29(12-9-16)19-7-10-25-13-15(19)3;2*3-2(4,5)1(6)7/h4-6,14-16,19,25H,7-13H2,1-3H3;2*(H,6,7). The third-order valence-corrected chi connectivity index (χ3v) is 7.42. The fourth-order valence-electron chi connectivity index (χ4n) is 5.22. The van der Waals surface area contributed by atoms with Crippen molar-refractivity contribution < 1.29 is 55.1 Å². The number of carbonyl (C=O) groups is 2. The predicted octanol–water partition coefficient (Wildman–Crippen LogP) is 5.12. The maximum Gasteiger partial charge on any atom is 0.490 e. The summed E-state index contributed by atoms with van der Waals surface area (Å²) in [5.41, 5.74) is 1.25. The van der Waals surface area contributed by atoms with E-state index in [0.717, 1.165) is 50.1 Å². The van der Waals surface area contributed by atoms with E-state index >= 15 is 0 Å². The molecule has 0 aliphatic carbocycles. The van der Waals surface area contributed by atoms with Gasteiger partial charge in [-0.3, -0.25) is 4.90 Å². The summed E-state index contributed by atoms with van der Waals surface area (Å²) in [6, 6.07) is 5.72. The number of aromatic nitrogens is 4. The van der Waals surface area contributed by atoms with Crippen molar-refractivity contribution in [1.29, 1.82) is 0 Å². The van der Waals surface area contributed by atoms with Gasteiger partial charge in [0, 0.05) is 17.3 Å². The SMILES string of the molecule is CC(C)c1nn(-c2noc(C3CCN(C4CCNCC4C)CC3)n2)c2c(F)cccc12.O=C(O)C(F)(F)F.O=C(O)C(F)(F)F. The molecule has 250 valence electrons. The molecule has 1 aromatic carbocycles. The quantitative estimate of drug-likeness (QED) is 0.324. The Kier molecular flexibility index (Phi) is 11.5. The number of fused-ring (bicyclic) bond motifs is 1. The second-order valence-corrected chi connectivity index (χ2v) is 11.0. The van der Waals surface area contributed by atoms with E-state index in [1.165, 1.54) is 17.2 Å². The molecule has 45 heavy (non-hydrogen) atoms. The number of rotatable bonds is 4. The third kappa shape index (κ3) is 9.12. The van der Waals surface area contributed by atoms with Gasteiger partial charge in [-0.05, 0) is 68.5 Å². The number of nitrogens with one attached hydrogen (secondary N) is 1. The van der Waals surface area contributed by atoms with Crippen LogP contribution in [0, 0.1) is 11.7 Å². The highest BCUT2D eigenvalue weighted by Gasteiger charge is 2.39. The average Bonchev–Trinajstić information content (AvgIpc) is 3.59. The van der Waals surface area contributed by atoms with Crippen molar-refractivity contribution in [3.05, 3.63) is 35.6 Å². The number of halogens is 7. The lowest BCUT2D eigenvalue weighted by molar-refractivity contribution is -0.193. The molecule has 0 bridgehead atoms. The van der Waals surface area contributed by atoms with Crippen LogP contribution in [0.15, 0.2) is 22.7 Å². The molecule has 2 aromatic heterocycles. The number of para-hydroxylation sites is 1. The van der Waals surface area contributed by atoms with Crippen LogP contribution in [-0.2, 0) is 9.59 Å². The molecule has 2 fully saturated rings. The Hall–Kier alpha value is -3.80. The second kappa shape index (κ2) is 14.5. The molecule has 0 saturated carbocycles. The molecule has 0 amide bonds. The lowest BCUT2D eigenvalue weighted by Gasteiger charge is -2.42. The fraction of sp³-hybridized carbons (Fsp3) is 0.593. The zero-order valence-corrected chi connectivity index (χ0v) is 24.5. The number of hydrogen-bond donors (Lipinski definition) is 3. The van der Waals surface area contributed by atoms with E-state index < -0.39 is 24.3 Å². The van der Waals surface area contributed by atoms with Crippen LogP contribution in [0.2, 0.25) is 0 Å². The number of hydrogen-bond acceptors (Lipinski definition) is 8. The van der Waals surface area contributed by atoms with Crippen molar-refractivity contribution in [3.8, 4) is 5.95 Å². The number of nitrogens with zero attached hydrogens (tertiary/aromatic N) is 5. The number of carboxylic acids is 2. The van der Waals surface area contributed by atoms with E-state index in [1.54, 1.807) is 6.07 Å². The van der Waals surface area contributed by atoms with Crippen LogP contribution in [0.25, 0.3) is 16.9 Å². The summed E-state index contributed by atoms with van der Waals surface area (Å²) in [5.74, 6) is -3.80. The molecule has 2 aliphatic rings. The Morgan fingerprint density at radius 2 is 1.60 bits per heavy atom. The largest absolute Gasteiger partial charge is 0.490 e. The number of piperidine rings is 2. The zero-order valence-electron chi connectivity index (χ0n) is 24.5. The molecule has 5 rings (SSSR count). The van der Waals surface area contributed by atoms with Gasteiger partial charge in [0.1, 0.15) is 11.3 Å². The number of likely N-dealkylation sites (tertiary alicyclic amines) is 1. The van der Waals surface area contributed by atoms with Gasteiger partial charge in [0.15, 0.2) is 0 Å². The molecule has 0 radical (unpaired) electrons. The van der Waals surface area contributed by atoms with Crippen LogP contribution >= 0.6 is 0 Å². The van der Waals surface area contributed by atoms with Crippen LogP contribution in [-0.4, -0.2) is 91.5 Å². The van der Waals surface area contributed by atoms with Crippen LogP contribution in [0.5, 0.6) is 0 Å². The molecule has 2 atom stereocenters.